The second-order valence-electron chi connectivity index (χ2n) is 4.05. The fourth-order valence-corrected chi connectivity index (χ4v) is 2.80. The molecule has 6 heteroatoms. The third kappa shape index (κ3) is 2.04. The van der Waals surface area contributed by atoms with E-state index in [1.165, 1.54) is 23.2 Å². The zero-order valence-electron chi connectivity index (χ0n) is 10.2. The first-order valence-corrected chi connectivity index (χ1v) is 6.67. The van der Waals surface area contributed by atoms with Crippen molar-refractivity contribution in [1.82, 2.24) is 15.0 Å². The topological polar surface area (TPSA) is 64.7 Å². The van der Waals surface area contributed by atoms with Crippen LogP contribution in [0.3, 0.4) is 0 Å². The maximum atomic E-state index is 13.7. The zero-order chi connectivity index (χ0) is 13.4. The van der Waals surface area contributed by atoms with Crippen molar-refractivity contribution >= 4 is 27.4 Å². The highest BCUT2D eigenvalue weighted by Crippen LogP contribution is 2.30. The van der Waals surface area contributed by atoms with Crippen LogP contribution >= 0.6 is 11.3 Å². The Bertz CT molecular complexity index is 753. The fraction of sp³-hybridized carbons (Fsp3) is 0.154. The van der Waals surface area contributed by atoms with Crippen LogP contribution in [-0.2, 0) is 6.42 Å². The molecule has 0 atom stereocenters. The van der Waals surface area contributed by atoms with Gasteiger partial charge in [0.2, 0.25) is 0 Å². The number of nitrogens with two attached hydrogens (primary N) is 1. The number of fused-ring (bicyclic) bond motifs is 1. The van der Waals surface area contributed by atoms with Crippen LogP contribution in [0.4, 0.5) is 10.2 Å². The average Bonchev–Trinajstić information content (AvgIpc) is 2.83. The van der Waals surface area contributed by atoms with Gasteiger partial charge in [0.05, 0.1) is 5.39 Å². The van der Waals surface area contributed by atoms with Gasteiger partial charge in [-0.25, -0.2) is 19.3 Å². The molecule has 4 nitrogen and oxygen atoms in total. The minimum absolute atomic E-state index is 0.127. The quantitative estimate of drug-likeness (QED) is 0.780. The van der Waals surface area contributed by atoms with Crippen molar-refractivity contribution in [3.63, 3.8) is 0 Å². The number of aromatic nitrogens is 3. The first kappa shape index (κ1) is 12.0. The predicted molar refractivity (Wildman–Crippen MR) is 74.4 cm³/mol. The van der Waals surface area contributed by atoms with E-state index in [-0.39, 0.29) is 11.5 Å². The van der Waals surface area contributed by atoms with Crippen molar-refractivity contribution in [3.8, 4) is 11.5 Å². The number of nitrogens with zero attached hydrogens (tertiary/aromatic N) is 3. The number of aryl methyl sites for hydroxylation is 1. The second kappa shape index (κ2) is 4.55. The summed E-state index contributed by atoms with van der Waals surface area (Å²) in [4.78, 5) is 14.4. The van der Waals surface area contributed by atoms with E-state index in [0.29, 0.717) is 5.82 Å². The lowest BCUT2D eigenvalue weighted by Crippen LogP contribution is -1.99. The van der Waals surface area contributed by atoms with Gasteiger partial charge in [-0.05, 0) is 24.6 Å². The van der Waals surface area contributed by atoms with E-state index in [1.807, 2.05) is 6.07 Å². The van der Waals surface area contributed by atoms with E-state index in [0.717, 1.165) is 16.6 Å². The predicted octanol–water partition coefficient (Wildman–Crippen LogP) is 3.04. The van der Waals surface area contributed by atoms with E-state index in [1.54, 1.807) is 11.3 Å². The Morgan fingerprint density at radius 1 is 1.37 bits per heavy atom. The summed E-state index contributed by atoms with van der Waals surface area (Å²) >= 11 is 1.54. The molecular weight excluding hydrogens is 263 g/mol. The van der Waals surface area contributed by atoms with Crippen LogP contribution in [0.5, 0.6) is 0 Å². The maximum Gasteiger partial charge on any atom is 0.184 e. The Morgan fingerprint density at radius 3 is 2.95 bits per heavy atom. The number of rotatable bonds is 2. The van der Waals surface area contributed by atoms with Gasteiger partial charge in [-0.2, -0.15) is 0 Å². The summed E-state index contributed by atoms with van der Waals surface area (Å²) in [5.41, 5.74) is 6.05. The molecule has 0 aliphatic carbocycles. The summed E-state index contributed by atoms with van der Waals surface area (Å²) in [6.45, 7) is 2.06. The van der Waals surface area contributed by atoms with Gasteiger partial charge in [0.1, 0.15) is 16.3 Å². The first-order chi connectivity index (χ1) is 9.19. The third-order valence-electron chi connectivity index (χ3n) is 2.79. The summed E-state index contributed by atoms with van der Waals surface area (Å²) in [5, 5.41) is 0.821. The van der Waals surface area contributed by atoms with Crippen molar-refractivity contribution in [2.75, 3.05) is 5.73 Å². The van der Waals surface area contributed by atoms with Crippen molar-refractivity contribution in [2.24, 2.45) is 0 Å². The molecule has 0 fully saturated rings. The lowest BCUT2D eigenvalue weighted by atomic mass is 10.3. The number of halogens is 1. The Morgan fingerprint density at radius 2 is 2.21 bits per heavy atom. The fourth-order valence-electron chi connectivity index (χ4n) is 1.82. The molecule has 3 rings (SSSR count). The van der Waals surface area contributed by atoms with E-state index >= 15 is 0 Å². The summed E-state index contributed by atoms with van der Waals surface area (Å²) in [6.07, 6.45) is 2.42. The van der Waals surface area contributed by atoms with Gasteiger partial charge in [-0.3, -0.25) is 0 Å². The van der Waals surface area contributed by atoms with Crippen LogP contribution < -0.4 is 5.73 Å². The molecule has 3 aromatic rings. The van der Waals surface area contributed by atoms with Gasteiger partial charge < -0.3 is 5.73 Å². The van der Waals surface area contributed by atoms with Gasteiger partial charge in [-0.15, -0.1) is 11.3 Å². The standard InChI is InChI=1S/C13H11FN4S/c1-2-7-6-8-11(15)17-12(18-13(8)19-7)10-9(14)4-3-5-16-10/h3-6H,2H2,1H3,(H2,15,17,18). The van der Waals surface area contributed by atoms with Crippen LogP contribution in [-0.4, -0.2) is 15.0 Å². The first-order valence-electron chi connectivity index (χ1n) is 5.86. The molecule has 96 valence electrons. The molecule has 0 radical (unpaired) electrons. The van der Waals surface area contributed by atoms with Gasteiger partial charge in [0.25, 0.3) is 0 Å². The molecule has 0 aliphatic rings. The molecule has 0 amide bonds. The lowest BCUT2D eigenvalue weighted by molar-refractivity contribution is 0.624. The number of nitrogen functional groups attached to an aromatic ring is 1. The SMILES string of the molecule is CCc1cc2c(N)nc(-c3ncccc3F)nc2s1. The summed E-state index contributed by atoms with van der Waals surface area (Å²) in [6, 6.07) is 4.84. The number of hydrogen-bond donors (Lipinski definition) is 1. The van der Waals surface area contributed by atoms with Gasteiger partial charge >= 0.3 is 0 Å². The smallest absolute Gasteiger partial charge is 0.184 e. The van der Waals surface area contributed by atoms with Crippen molar-refractivity contribution in [3.05, 3.63) is 35.1 Å². The highest BCUT2D eigenvalue weighted by Gasteiger charge is 2.14. The van der Waals surface area contributed by atoms with E-state index in [4.69, 9.17) is 5.73 Å². The molecule has 0 aliphatic heterocycles. The number of pyridine rings is 1. The molecule has 0 saturated carbocycles. The molecule has 2 N–H and O–H groups in total. The number of thiophene rings is 1. The molecule has 3 aromatic heterocycles. The molecule has 19 heavy (non-hydrogen) atoms. The summed E-state index contributed by atoms with van der Waals surface area (Å²) in [7, 11) is 0. The van der Waals surface area contributed by atoms with Gasteiger partial charge in [0, 0.05) is 11.1 Å². The molecule has 0 aromatic carbocycles. The van der Waals surface area contributed by atoms with Crippen LogP contribution in [0.25, 0.3) is 21.7 Å². The molecule has 0 bridgehead atoms. The summed E-state index contributed by atoms with van der Waals surface area (Å²) < 4.78 is 13.7. The van der Waals surface area contributed by atoms with E-state index < -0.39 is 5.82 Å². The lowest BCUT2D eigenvalue weighted by Gasteiger charge is -2.02. The minimum Gasteiger partial charge on any atom is -0.383 e. The van der Waals surface area contributed by atoms with Gasteiger partial charge in [-0.1, -0.05) is 6.92 Å². The molecule has 0 spiro atoms. The Labute approximate surface area is 113 Å². The molecular formula is C13H11FN4S. The zero-order valence-corrected chi connectivity index (χ0v) is 11.0. The molecule has 0 saturated heterocycles. The van der Waals surface area contributed by atoms with Crippen molar-refractivity contribution < 1.29 is 4.39 Å². The highest BCUT2D eigenvalue weighted by atomic mass is 32.1. The van der Waals surface area contributed by atoms with E-state index in [2.05, 4.69) is 21.9 Å². The highest BCUT2D eigenvalue weighted by molar-refractivity contribution is 7.18. The van der Waals surface area contributed by atoms with Crippen LogP contribution in [0, 0.1) is 5.82 Å². The Balaban J connectivity index is 2.23. The monoisotopic (exact) mass is 274 g/mol. The number of hydrogen-bond acceptors (Lipinski definition) is 5. The average molecular weight is 274 g/mol. The number of anilines is 1. The molecule has 3 heterocycles. The molecule has 0 unspecified atom stereocenters. The largest absolute Gasteiger partial charge is 0.383 e. The summed E-state index contributed by atoms with van der Waals surface area (Å²) in [5.74, 6) is 0.141. The third-order valence-corrected chi connectivity index (χ3v) is 3.97. The Kier molecular flexibility index (Phi) is 2.87. The van der Waals surface area contributed by atoms with Gasteiger partial charge in [0.15, 0.2) is 11.6 Å². The minimum atomic E-state index is -0.450. The van der Waals surface area contributed by atoms with Crippen LogP contribution in [0.15, 0.2) is 24.4 Å². The van der Waals surface area contributed by atoms with E-state index in [9.17, 15) is 4.39 Å². The van der Waals surface area contributed by atoms with Crippen LogP contribution in [0.2, 0.25) is 0 Å². The normalized spacial score (nSPS) is 11.1. The maximum absolute atomic E-state index is 13.7. The van der Waals surface area contributed by atoms with Crippen molar-refractivity contribution in [1.29, 1.82) is 0 Å². The second-order valence-corrected chi connectivity index (χ2v) is 5.17. The van der Waals surface area contributed by atoms with Crippen LogP contribution in [0.1, 0.15) is 11.8 Å². The van der Waals surface area contributed by atoms with Crippen molar-refractivity contribution in [2.45, 2.75) is 13.3 Å². The Hall–Kier alpha value is -2.08.